The fraction of sp³-hybridized carbons (Fsp3) is 0.300. The molecular formula is C10H10BrFN2S. The molecule has 0 fully saturated rings. The van der Waals surface area contributed by atoms with Crippen molar-refractivity contribution in [2.75, 3.05) is 11.9 Å². The van der Waals surface area contributed by atoms with Crippen molar-refractivity contribution in [3.63, 3.8) is 0 Å². The molecule has 0 spiro atoms. The van der Waals surface area contributed by atoms with Gasteiger partial charge in [-0.1, -0.05) is 18.3 Å². The molecule has 0 aliphatic rings. The minimum Gasteiger partial charge on any atom is -0.361 e. The van der Waals surface area contributed by atoms with Gasteiger partial charge in [-0.25, -0.2) is 9.37 Å². The summed E-state index contributed by atoms with van der Waals surface area (Å²) in [6.07, 6.45) is 1.05. The van der Waals surface area contributed by atoms with Crippen LogP contribution in [0.3, 0.4) is 0 Å². The standard InChI is InChI=1S/C10H10BrFN2S/c1-2-3-13-10-14-9-7(11)4-6(12)5-8(9)15-10/h4-5H,2-3H2,1H3,(H,13,14). The van der Waals surface area contributed by atoms with Crippen LogP contribution in [-0.4, -0.2) is 11.5 Å². The number of anilines is 1. The van der Waals surface area contributed by atoms with E-state index in [4.69, 9.17) is 0 Å². The Bertz CT molecular complexity index is 483. The van der Waals surface area contributed by atoms with E-state index in [2.05, 4.69) is 33.2 Å². The van der Waals surface area contributed by atoms with E-state index in [9.17, 15) is 4.39 Å². The molecule has 2 nitrogen and oxygen atoms in total. The van der Waals surface area contributed by atoms with Gasteiger partial charge >= 0.3 is 0 Å². The number of hydrogen-bond acceptors (Lipinski definition) is 3. The maximum absolute atomic E-state index is 13.1. The minimum atomic E-state index is -0.236. The second-order valence-electron chi connectivity index (χ2n) is 3.18. The number of hydrogen-bond donors (Lipinski definition) is 1. The molecule has 80 valence electrons. The zero-order valence-corrected chi connectivity index (χ0v) is 10.6. The molecule has 0 amide bonds. The first-order chi connectivity index (χ1) is 7.20. The Balaban J connectivity index is 2.41. The predicted molar refractivity (Wildman–Crippen MR) is 66.1 cm³/mol. The zero-order valence-electron chi connectivity index (χ0n) is 8.18. The van der Waals surface area contributed by atoms with E-state index in [0.717, 1.165) is 28.3 Å². The van der Waals surface area contributed by atoms with E-state index >= 15 is 0 Å². The lowest BCUT2D eigenvalue weighted by Crippen LogP contribution is -1.98. The highest BCUT2D eigenvalue weighted by Crippen LogP contribution is 2.31. The Morgan fingerprint density at radius 3 is 3.07 bits per heavy atom. The topological polar surface area (TPSA) is 24.9 Å². The summed E-state index contributed by atoms with van der Waals surface area (Å²) < 4.78 is 14.7. The number of aromatic nitrogens is 1. The number of nitrogens with one attached hydrogen (secondary N) is 1. The molecule has 15 heavy (non-hydrogen) atoms. The number of thiazole rings is 1. The van der Waals surface area contributed by atoms with Crippen LogP contribution in [0.1, 0.15) is 13.3 Å². The van der Waals surface area contributed by atoms with Crippen LogP contribution >= 0.6 is 27.3 Å². The molecule has 1 heterocycles. The largest absolute Gasteiger partial charge is 0.361 e. The van der Waals surface area contributed by atoms with Crippen LogP contribution in [0.2, 0.25) is 0 Å². The minimum absolute atomic E-state index is 0.236. The third-order valence-corrected chi connectivity index (χ3v) is 3.50. The Morgan fingerprint density at radius 1 is 1.53 bits per heavy atom. The van der Waals surface area contributed by atoms with Gasteiger partial charge in [0.15, 0.2) is 5.13 Å². The molecule has 0 unspecified atom stereocenters. The van der Waals surface area contributed by atoms with E-state index in [0.29, 0.717) is 4.47 Å². The lowest BCUT2D eigenvalue weighted by Gasteiger charge is -1.96. The van der Waals surface area contributed by atoms with E-state index in [1.165, 1.54) is 23.5 Å². The molecule has 1 N–H and O–H groups in total. The summed E-state index contributed by atoms with van der Waals surface area (Å²) in [6.45, 7) is 2.98. The first kappa shape index (κ1) is 10.8. The number of benzene rings is 1. The molecule has 0 radical (unpaired) electrons. The van der Waals surface area contributed by atoms with Crippen molar-refractivity contribution >= 4 is 42.6 Å². The third kappa shape index (κ3) is 2.29. The second kappa shape index (κ2) is 4.45. The highest BCUT2D eigenvalue weighted by molar-refractivity contribution is 9.10. The van der Waals surface area contributed by atoms with Crippen molar-refractivity contribution in [2.24, 2.45) is 0 Å². The smallest absolute Gasteiger partial charge is 0.183 e. The van der Waals surface area contributed by atoms with Gasteiger partial charge in [-0.05, 0) is 34.5 Å². The molecule has 2 aromatic rings. The fourth-order valence-corrected chi connectivity index (χ4v) is 2.86. The Labute approximate surface area is 99.7 Å². The molecule has 0 atom stereocenters. The molecule has 2 rings (SSSR count). The average Bonchev–Trinajstić information content (AvgIpc) is 2.57. The van der Waals surface area contributed by atoms with Crippen LogP contribution in [-0.2, 0) is 0 Å². The van der Waals surface area contributed by atoms with Crippen molar-refractivity contribution in [3.8, 4) is 0 Å². The lowest BCUT2D eigenvalue weighted by molar-refractivity contribution is 0.629. The van der Waals surface area contributed by atoms with Gasteiger partial charge in [0.25, 0.3) is 0 Å². The molecule has 0 aliphatic heterocycles. The Hall–Kier alpha value is -0.680. The highest BCUT2D eigenvalue weighted by atomic mass is 79.9. The molecule has 0 bridgehead atoms. The predicted octanol–water partition coefficient (Wildman–Crippen LogP) is 4.02. The summed E-state index contributed by atoms with van der Waals surface area (Å²) in [7, 11) is 0. The van der Waals surface area contributed by atoms with Gasteiger partial charge in [0.1, 0.15) is 5.82 Å². The average molecular weight is 289 g/mol. The maximum atomic E-state index is 13.1. The number of fused-ring (bicyclic) bond motifs is 1. The number of nitrogens with zero attached hydrogens (tertiary/aromatic N) is 1. The van der Waals surface area contributed by atoms with Crippen molar-refractivity contribution in [1.29, 1.82) is 0 Å². The Morgan fingerprint density at radius 2 is 2.33 bits per heavy atom. The first-order valence-corrected chi connectivity index (χ1v) is 6.31. The molecule has 0 aliphatic carbocycles. The van der Waals surface area contributed by atoms with Crippen LogP contribution < -0.4 is 5.32 Å². The van der Waals surface area contributed by atoms with Gasteiger partial charge < -0.3 is 5.32 Å². The van der Waals surface area contributed by atoms with Gasteiger partial charge in [-0.2, -0.15) is 0 Å². The first-order valence-electron chi connectivity index (χ1n) is 4.70. The second-order valence-corrected chi connectivity index (χ2v) is 5.07. The maximum Gasteiger partial charge on any atom is 0.183 e. The SMILES string of the molecule is CCCNc1nc2c(Br)cc(F)cc2s1. The summed E-state index contributed by atoms with van der Waals surface area (Å²) in [4.78, 5) is 4.38. The van der Waals surface area contributed by atoms with E-state index in [1.807, 2.05) is 0 Å². The van der Waals surface area contributed by atoms with Crippen LogP contribution in [0.15, 0.2) is 16.6 Å². The third-order valence-electron chi connectivity index (χ3n) is 1.94. The molecule has 1 aromatic carbocycles. The quantitative estimate of drug-likeness (QED) is 0.923. The molecule has 0 saturated heterocycles. The van der Waals surface area contributed by atoms with Crippen molar-refractivity contribution in [1.82, 2.24) is 4.98 Å². The summed E-state index contributed by atoms with van der Waals surface area (Å²) in [5.41, 5.74) is 0.819. The van der Waals surface area contributed by atoms with Gasteiger partial charge in [-0.15, -0.1) is 0 Å². The van der Waals surface area contributed by atoms with Crippen molar-refractivity contribution < 1.29 is 4.39 Å². The number of rotatable bonds is 3. The van der Waals surface area contributed by atoms with Gasteiger partial charge in [-0.3, -0.25) is 0 Å². The van der Waals surface area contributed by atoms with E-state index in [-0.39, 0.29) is 5.82 Å². The van der Waals surface area contributed by atoms with E-state index in [1.54, 1.807) is 0 Å². The number of halogens is 2. The highest BCUT2D eigenvalue weighted by Gasteiger charge is 2.08. The van der Waals surface area contributed by atoms with E-state index < -0.39 is 0 Å². The van der Waals surface area contributed by atoms with Crippen LogP contribution in [0, 0.1) is 5.82 Å². The van der Waals surface area contributed by atoms with Gasteiger partial charge in [0, 0.05) is 11.0 Å². The summed E-state index contributed by atoms with van der Waals surface area (Å²) >= 11 is 4.78. The van der Waals surface area contributed by atoms with Crippen molar-refractivity contribution in [2.45, 2.75) is 13.3 Å². The van der Waals surface area contributed by atoms with Crippen LogP contribution in [0.4, 0.5) is 9.52 Å². The fourth-order valence-electron chi connectivity index (χ4n) is 1.26. The molecule has 5 heteroatoms. The van der Waals surface area contributed by atoms with Gasteiger partial charge in [0.2, 0.25) is 0 Å². The Kier molecular flexibility index (Phi) is 3.21. The summed E-state index contributed by atoms with van der Waals surface area (Å²) in [6, 6.07) is 2.94. The van der Waals surface area contributed by atoms with Gasteiger partial charge in [0.05, 0.1) is 10.2 Å². The molecular weight excluding hydrogens is 279 g/mol. The monoisotopic (exact) mass is 288 g/mol. The van der Waals surface area contributed by atoms with Crippen molar-refractivity contribution in [3.05, 3.63) is 22.4 Å². The summed E-state index contributed by atoms with van der Waals surface area (Å²) in [5, 5.41) is 4.04. The normalized spacial score (nSPS) is 10.9. The molecule has 1 aromatic heterocycles. The van der Waals surface area contributed by atoms with Crippen LogP contribution in [0.25, 0.3) is 10.2 Å². The zero-order chi connectivity index (χ0) is 10.8. The molecule has 0 saturated carbocycles. The summed E-state index contributed by atoms with van der Waals surface area (Å²) in [5.74, 6) is -0.236. The lowest BCUT2D eigenvalue weighted by atomic mass is 10.3. The van der Waals surface area contributed by atoms with Crippen LogP contribution in [0.5, 0.6) is 0 Å².